The second-order valence-electron chi connectivity index (χ2n) is 4.30. The molecule has 0 radical (unpaired) electrons. The molecule has 0 saturated heterocycles. The highest BCUT2D eigenvalue weighted by Gasteiger charge is 2.12. The Bertz CT molecular complexity index is 97.2. The summed E-state index contributed by atoms with van der Waals surface area (Å²) in [5.74, 6) is 0. The molecule has 0 rings (SSSR count). The van der Waals surface area contributed by atoms with Crippen LogP contribution in [-0.4, -0.2) is 12.6 Å². The van der Waals surface area contributed by atoms with Gasteiger partial charge in [0.15, 0.2) is 0 Å². The minimum Gasteiger partial charge on any atom is -0.315 e. The van der Waals surface area contributed by atoms with Crippen LogP contribution in [0.1, 0.15) is 59.3 Å². The Balaban J connectivity index is 3.19. The molecule has 74 valence electrons. The first-order valence-electron chi connectivity index (χ1n) is 5.31. The zero-order valence-electron chi connectivity index (χ0n) is 9.24. The number of unbranched alkanes of at least 4 members (excludes halogenated alkanes) is 4. The Kier molecular flexibility index (Phi) is 6.45. The van der Waals surface area contributed by atoms with Gasteiger partial charge in [-0.25, -0.2) is 0 Å². The molecule has 0 aromatic rings. The first-order chi connectivity index (χ1) is 5.62. The standard InChI is InChI=1S/C11H25N/c1-5-6-7-8-9-10-11(2,3)12-4/h12H,5-10H2,1-4H3. The summed E-state index contributed by atoms with van der Waals surface area (Å²) in [6.07, 6.45) is 8.23. The van der Waals surface area contributed by atoms with Gasteiger partial charge < -0.3 is 5.32 Å². The molecule has 0 aliphatic heterocycles. The normalized spacial score (nSPS) is 12.0. The van der Waals surface area contributed by atoms with Crippen molar-refractivity contribution in [1.82, 2.24) is 5.32 Å². The Labute approximate surface area is 77.9 Å². The largest absolute Gasteiger partial charge is 0.315 e. The van der Waals surface area contributed by atoms with Gasteiger partial charge in [-0.15, -0.1) is 0 Å². The quantitative estimate of drug-likeness (QED) is 0.579. The summed E-state index contributed by atoms with van der Waals surface area (Å²) < 4.78 is 0. The highest BCUT2D eigenvalue weighted by Crippen LogP contribution is 2.14. The van der Waals surface area contributed by atoms with E-state index in [9.17, 15) is 0 Å². The molecule has 0 fully saturated rings. The van der Waals surface area contributed by atoms with Crippen molar-refractivity contribution in [3.8, 4) is 0 Å². The Morgan fingerprint density at radius 2 is 1.58 bits per heavy atom. The van der Waals surface area contributed by atoms with Crippen molar-refractivity contribution in [3.63, 3.8) is 0 Å². The van der Waals surface area contributed by atoms with Gasteiger partial charge in [0.05, 0.1) is 0 Å². The molecule has 1 heteroatoms. The summed E-state index contributed by atoms with van der Waals surface area (Å²) in [7, 11) is 2.05. The lowest BCUT2D eigenvalue weighted by molar-refractivity contribution is 0.374. The van der Waals surface area contributed by atoms with Crippen LogP contribution in [0, 0.1) is 0 Å². The van der Waals surface area contributed by atoms with Gasteiger partial charge in [-0.3, -0.25) is 0 Å². The second-order valence-corrected chi connectivity index (χ2v) is 4.30. The molecule has 12 heavy (non-hydrogen) atoms. The molecule has 0 saturated carbocycles. The summed E-state index contributed by atoms with van der Waals surface area (Å²) in [5, 5.41) is 3.33. The monoisotopic (exact) mass is 171 g/mol. The van der Waals surface area contributed by atoms with E-state index in [0.717, 1.165) is 0 Å². The van der Waals surface area contributed by atoms with E-state index in [2.05, 4.69) is 26.1 Å². The van der Waals surface area contributed by atoms with Gasteiger partial charge in [0.1, 0.15) is 0 Å². The first kappa shape index (κ1) is 12.0. The predicted octanol–water partition coefficient (Wildman–Crippen LogP) is 3.34. The van der Waals surface area contributed by atoms with Crippen molar-refractivity contribution in [2.75, 3.05) is 7.05 Å². The Morgan fingerprint density at radius 1 is 1.00 bits per heavy atom. The van der Waals surface area contributed by atoms with Crippen LogP contribution in [0.15, 0.2) is 0 Å². The fourth-order valence-electron chi connectivity index (χ4n) is 1.30. The van der Waals surface area contributed by atoms with Crippen molar-refractivity contribution in [3.05, 3.63) is 0 Å². The third-order valence-corrected chi connectivity index (χ3v) is 2.58. The van der Waals surface area contributed by atoms with Gasteiger partial charge in [0.2, 0.25) is 0 Å². The topological polar surface area (TPSA) is 12.0 Å². The van der Waals surface area contributed by atoms with Crippen LogP contribution < -0.4 is 5.32 Å². The molecule has 0 spiro atoms. The lowest BCUT2D eigenvalue weighted by atomic mass is 9.96. The minimum atomic E-state index is 0.339. The van der Waals surface area contributed by atoms with Crippen molar-refractivity contribution in [2.45, 2.75) is 64.8 Å². The van der Waals surface area contributed by atoms with E-state index in [1.165, 1.54) is 38.5 Å². The van der Waals surface area contributed by atoms with Gasteiger partial charge in [0.25, 0.3) is 0 Å². The molecule has 1 nitrogen and oxygen atoms in total. The van der Waals surface area contributed by atoms with Gasteiger partial charge in [-0.05, 0) is 27.3 Å². The van der Waals surface area contributed by atoms with Crippen LogP contribution >= 0.6 is 0 Å². The third-order valence-electron chi connectivity index (χ3n) is 2.58. The summed E-state index contributed by atoms with van der Waals surface area (Å²) in [4.78, 5) is 0. The molecule has 0 unspecified atom stereocenters. The van der Waals surface area contributed by atoms with Crippen LogP contribution in [0.3, 0.4) is 0 Å². The summed E-state index contributed by atoms with van der Waals surface area (Å²) >= 11 is 0. The summed E-state index contributed by atoms with van der Waals surface area (Å²) in [6, 6.07) is 0. The average Bonchev–Trinajstić information content (AvgIpc) is 2.04. The van der Waals surface area contributed by atoms with Gasteiger partial charge in [-0.1, -0.05) is 39.0 Å². The van der Waals surface area contributed by atoms with Crippen LogP contribution in [0.25, 0.3) is 0 Å². The Hall–Kier alpha value is -0.0400. The van der Waals surface area contributed by atoms with Crippen LogP contribution in [0.4, 0.5) is 0 Å². The zero-order valence-corrected chi connectivity index (χ0v) is 9.24. The molecule has 0 bridgehead atoms. The minimum absolute atomic E-state index is 0.339. The molecule has 1 N–H and O–H groups in total. The number of nitrogens with one attached hydrogen (secondary N) is 1. The van der Waals surface area contributed by atoms with E-state index in [1.807, 2.05) is 7.05 Å². The number of rotatable bonds is 7. The van der Waals surface area contributed by atoms with Crippen LogP contribution in [0.2, 0.25) is 0 Å². The van der Waals surface area contributed by atoms with Gasteiger partial charge in [0, 0.05) is 5.54 Å². The molecule has 0 aromatic carbocycles. The molecule has 0 aromatic heterocycles. The lowest BCUT2D eigenvalue weighted by Crippen LogP contribution is -2.35. The highest BCUT2D eigenvalue weighted by molar-refractivity contribution is 4.74. The zero-order chi connectivity index (χ0) is 9.45. The third kappa shape index (κ3) is 6.66. The maximum absolute atomic E-state index is 3.33. The van der Waals surface area contributed by atoms with Gasteiger partial charge >= 0.3 is 0 Å². The summed E-state index contributed by atoms with van der Waals surface area (Å²) in [6.45, 7) is 6.80. The van der Waals surface area contributed by atoms with Crippen molar-refractivity contribution in [1.29, 1.82) is 0 Å². The molecule has 0 atom stereocenters. The fourth-order valence-corrected chi connectivity index (χ4v) is 1.30. The van der Waals surface area contributed by atoms with Crippen LogP contribution in [-0.2, 0) is 0 Å². The highest BCUT2D eigenvalue weighted by atomic mass is 14.9. The molecule has 0 heterocycles. The van der Waals surface area contributed by atoms with E-state index in [0.29, 0.717) is 5.54 Å². The van der Waals surface area contributed by atoms with Crippen LogP contribution in [0.5, 0.6) is 0 Å². The number of hydrogen-bond acceptors (Lipinski definition) is 1. The number of hydrogen-bond donors (Lipinski definition) is 1. The molecular formula is C11H25N. The van der Waals surface area contributed by atoms with Crippen molar-refractivity contribution < 1.29 is 0 Å². The Morgan fingerprint density at radius 3 is 2.08 bits per heavy atom. The molecule has 0 amide bonds. The maximum Gasteiger partial charge on any atom is 0.0122 e. The SMILES string of the molecule is CCCCCCCC(C)(C)NC. The molecule has 0 aliphatic carbocycles. The molecule has 0 aliphatic rings. The lowest BCUT2D eigenvalue weighted by Gasteiger charge is -2.23. The van der Waals surface area contributed by atoms with E-state index in [4.69, 9.17) is 0 Å². The smallest absolute Gasteiger partial charge is 0.0122 e. The molecular weight excluding hydrogens is 146 g/mol. The average molecular weight is 171 g/mol. The second kappa shape index (κ2) is 6.47. The maximum atomic E-state index is 3.33. The van der Waals surface area contributed by atoms with E-state index < -0.39 is 0 Å². The fraction of sp³-hybridized carbons (Fsp3) is 1.00. The summed E-state index contributed by atoms with van der Waals surface area (Å²) in [5.41, 5.74) is 0.339. The van der Waals surface area contributed by atoms with Gasteiger partial charge in [-0.2, -0.15) is 0 Å². The van der Waals surface area contributed by atoms with E-state index in [1.54, 1.807) is 0 Å². The van der Waals surface area contributed by atoms with E-state index >= 15 is 0 Å². The van der Waals surface area contributed by atoms with Crippen molar-refractivity contribution >= 4 is 0 Å². The van der Waals surface area contributed by atoms with E-state index in [-0.39, 0.29) is 0 Å². The van der Waals surface area contributed by atoms with Crippen molar-refractivity contribution in [2.24, 2.45) is 0 Å². The predicted molar refractivity (Wildman–Crippen MR) is 56.5 cm³/mol. The first-order valence-corrected chi connectivity index (χ1v) is 5.31.